The number of rotatable bonds is 5. The first kappa shape index (κ1) is 10.8. The van der Waals surface area contributed by atoms with Gasteiger partial charge in [0.25, 0.3) is 0 Å². The minimum atomic E-state index is -3.82. The van der Waals surface area contributed by atoms with E-state index in [-0.39, 0.29) is 13.0 Å². The summed E-state index contributed by atoms with van der Waals surface area (Å²) in [5.41, 5.74) is 0. The third-order valence-electron chi connectivity index (χ3n) is 0.987. The van der Waals surface area contributed by atoms with Crippen LogP contribution in [0, 0.1) is 12.3 Å². The Hall–Kier alpha value is -1.15. The number of aliphatic carboxylic acids is 1. The summed E-state index contributed by atoms with van der Waals surface area (Å²) in [4.78, 5) is 9.81. The number of ether oxygens (including phenoxy) is 1. The molecule has 0 aromatic carbocycles. The average Bonchev–Trinajstić information content (AvgIpc) is 1.98. The molecule has 0 bridgehead atoms. The van der Waals surface area contributed by atoms with Gasteiger partial charge in [-0.05, 0) is 0 Å². The van der Waals surface area contributed by atoms with Gasteiger partial charge < -0.3 is 9.84 Å². The van der Waals surface area contributed by atoms with Crippen molar-refractivity contribution in [2.45, 2.75) is 12.3 Å². The molecule has 0 saturated heterocycles. The van der Waals surface area contributed by atoms with Gasteiger partial charge in [0.15, 0.2) is 0 Å². The van der Waals surface area contributed by atoms with Crippen molar-refractivity contribution in [3.05, 3.63) is 0 Å². The van der Waals surface area contributed by atoms with Crippen LogP contribution in [0.15, 0.2) is 0 Å². The Morgan fingerprint density at radius 2 is 2.25 bits per heavy atom. The molecule has 3 nitrogen and oxygen atoms in total. The summed E-state index contributed by atoms with van der Waals surface area (Å²) in [5.74, 6) is -3.85. The van der Waals surface area contributed by atoms with Gasteiger partial charge in [0, 0.05) is 6.42 Å². The van der Waals surface area contributed by atoms with Crippen LogP contribution in [-0.4, -0.2) is 30.2 Å². The first-order chi connectivity index (χ1) is 5.50. The molecule has 1 N–H and O–H groups in total. The van der Waals surface area contributed by atoms with E-state index in [9.17, 15) is 13.6 Å². The zero-order valence-corrected chi connectivity index (χ0v) is 6.22. The Labute approximate surface area is 68.3 Å². The maximum absolute atomic E-state index is 12.2. The highest BCUT2D eigenvalue weighted by Gasteiger charge is 2.38. The van der Waals surface area contributed by atoms with Crippen LogP contribution >= 0.6 is 0 Å². The molecule has 0 fully saturated rings. The highest BCUT2D eigenvalue weighted by molar-refractivity contribution is 5.75. The lowest BCUT2D eigenvalue weighted by Gasteiger charge is -2.10. The van der Waals surface area contributed by atoms with Gasteiger partial charge in [0.05, 0.1) is 6.61 Å². The molecule has 0 heterocycles. The first-order valence-corrected chi connectivity index (χ1v) is 3.13. The second-order valence-corrected chi connectivity index (χ2v) is 2.02. The predicted molar refractivity (Wildman–Crippen MR) is 36.9 cm³/mol. The van der Waals surface area contributed by atoms with E-state index < -0.39 is 18.5 Å². The van der Waals surface area contributed by atoms with E-state index in [1.54, 1.807) is 0 Å². The molecule has 0 rings (SSSR count). The normalized spacial score (nSPS) is 10.8. The highest BCUT2D eigenvalue weighted by Crippen LogP contribution is 2.13. The summed E-state index contributed by atoms with van der Waals surface area (Å²) in [6.07, 6.45) is 4.99. The van der Waals surface area contributed by atoms with E-state index in [0.29, 0.717) is 0 Å². The number of carboxylic acid groups (broad SMARTS) is 1. The lowest BCUT2D eigenvalue weighted by atomic mass is 10.4. The Bertz CT molecular complexity index is 195. The van der Waals surface area contributed by atoms with Crippen LogP contribution < -0.4 is 0 Å². The zero-order valence-electron chi connectivity index (χ0n) is 6.22. The average molecular weight is 178 g/mol. The fourth-order valence-electron chi connectivity index (χ4n) is 0.393. The molecule has 0 unspecified atom stereocenters. The van der Waals surface area contributed by atoms with Crippen LogP contribution in [0.25, 0.3) is 0 Å². The maximum atomic E-state index is 12.2. The standard InChI is InChI=1S/C7H8F2O3/c1-2-3-4-12-5-7(8,9)6(10)11/h1H,3-5H2,(H,10,11). The number of hydrogen-bond donors (Lipinski definition) is 1. The summed E-state index contributed by atoms with van der Waals surface area (Å²) < 4.78 is 28.7. The number of terminal acetylenes is 1. The zero-order chi connectivity index (χ0) is 9.61. The highest BCUT2D eigenvalue weighted by atomic mass is 19.3. The van der Waals surface area contributed by atoms with Gasteiger partial charge in [0.2, 0.25) is 0 Å². The van der Waals surface area contributed by atoms with Crippen molar-refractivity contribution in [3.8, 4) is 12.3 Å². The van der Waals surface area contributed by atoms with E-state index >= 15 is 0 Å². The Morgan fingerprint density at radius 1 is 1.67 bits per heavy atom. The quantitative estimate of drug-likeness (QED) is 0.499. The largest absolute Gasteiger partial charge is 0.477 e. The molecule has 0 aliphatic carbocycles. The van der Waals surface area contributed by atoms with Crippen LogP contribution in [0.1, 0.15) is 6.42 Å². The van der Waals surface area contributed by atoms with Crippen molar-refractivity contribution in [3.63, 3.8) is 0 Å². The number of carboxylic acids is 1. The topological polar surface area (TPSA) is 46.5 Å². The molecular formula is C7H8F2O3. The van der Waals surface area contributed by atoms with Crippen molar-refractivity contribution >= 4 is 5.97 Å². The molecule has 0 aromatic heterocycles. The van der Waals surface area contributed by atoms with Crippen molar-refractivity contribution in [2.24, 2.45) is 0 Å². The van der Waals surface area contributed by atoms with Crippen LogP contribution in [0.3, 0.4) is 0 Å². The van der Waals surface area contributed by atoms with E-state index in [2.05, 4.69) is 10.7 Å². The van der Waals surface area contributed by atoms with Gasteiger partial charge in [-0.25, -0.2) is 4.79 Å². The van der Waals surface area contributed by atoms with E-state index in [4.69, 9.17) is 11.5 Å². The van der Waals surface area contributed by atoms with Gasteiger partial charge in [-0.3, -0.25) is 0 Å². The minimum absolute atomic E-state index is 0.0562. The summed E-state index contributed by atoms with van der Waals surface area (Å²) in [5, 5.41) is 7.93. The second kappa shape index (κ2) is 4.67. The van der Waals surface area contributed by atoms with Gasteiger partial charge in [0.1, 0.15) is 6.61 Å². The van der Waals surface area contributed by atoms with Gasteiger partial charge in [-0.1, -0.05) is 0 Å². The molecule has 0 atom stereocenters. The SMILES string of the molecule is C#CCCOCC(F)(F)C(=O)O. The molecule has 0 saturated carbocycles. The number of hydrogen-bond acceptors (Lipinski definition) is 2. The molecule has 0 amide bonds. The predicted octanol–water partition coefficient (Wildman–Crippen LogP) is 0.746. The summed E-state index contributed by atoms with van der Waals surface area (Å²) in [6, 6.07) is 0. The van der Waals surface area contributed by atoms with Crippen LogP contribution in [0.5, 0.6) is 0 Å². The minimum Gasteiger partial charge on any atom is -0.477 e. The Balaban J connectivity index is 3.63. The number of carbonyl (C=O) groups is 1. The second-order valence-electron chi connectivity index (χ2n) is 2.02. The molecule has 0 radical (unpaired) electrons. The molecule has 0 spiro atoms. The Morgan fingerprint density at radius 3 is 2.67 bits per heavy atom. The lowest BCUT2D eigenvalue weighted by molar-refractivity contribution is -0.173. The van der Waals surface area contributed by atoms with Crippen molar-refractivity contribution < 1.29 is 23.4 Å². The van der Waals surface area contributed by atoms with Crippen molar-refractivity contribution in [2.75, 3.05) is 13.2 Å². The fraction of sp³-hybridized carbons (Fsp3) is 0.571. The maximum Gasteiger partial charge on any atom is 0.377 e. The van der Waals surface area contributed by atoms with Crippen LogP contribution in [0.2, 0.25) is 0 Å². The first-order valence-electron chi connectivity index (χ1n) is 3.13. The monoisotopic (exact) mass is 178 g/mol. The summed E-state index contributed by atoms with van der Waals surface area (Å²) in [6.45, 7) is -1.19. The smallest absolute Gasteiger partial charge is 0.377 e. The molecule has 0 aliphatic rings. The third kappa shape index (κ3) is 3.88. The van der Waals surface area contributed by atoms with E-state index in [0.717, 1.165) is 0 Å². The van der Waals surface area contributed by atoms with Crippen molar-refractivity contribution in [1.82, 2.24) is 0 Å². The van der Waals surface area contributed by atoms with Crippen LogP contribution in [-0.2, 0) is 9.53 Å². The molecule has 0 aliphatic heterocycles. The van der Waals surface area contributed by atoms with Gasteiger partial charge >= 0.3 is 11.9 Å². The third-order valence-corrected chi connectivity index (χ3v) is 0.987. The summed E-state index contributed by atoms with van der Waals surface area (Å²) >= 11 is 0. The van der Waals surface area contributed by atoms with Crippen molar-refractivity contribution in [1.29, 1.82) is 0 Å². The lowest BCUT2D eigenvalue weighted by Crippen LogP contribution is -2.33. The number of alkyl halides is 2. The molecule has 12 heavy (non-hydrogen) atoms. The molecule has 5 heteroatoms. The molecular weight excluding hydrogens is 170 g/mol. The van der Waals surface area contributed by atoms with E-state index in [1.165, 1.54) is 0 Å². The van der Waals surface area contributed by atoms with Crippen LogP contribution in [0.4, 0.5) is 8.78 Å². The molecule has 0 aromatic rings. The van der Waals surface area contributed by atoms with Gasteiger partial charge in [-0.15, -0.1) is 12.3 Å². The number of halogens is 2. The Kier molecular flexibility index (Phi) is 4.22. The van der Waals surface area contributed by atoms with Gasteiger partial charge in [-0.2, -0.15) is 8.78 Å². The van der Waals surface area contributed by atoms with E-state index in [1.807, 2.05) is 0 Å². The fourth-order valence-corrected chi connectivity index (χ4v) is 0.393. The summed E-state index contributed by atoms with van der Waals surface area (Å²) in [7, 11) is 0. The molecule has 68 valence electrons.